The number of nitro benzene ring substituents is 1. The Morgan fingerprint density at radius 2 is 1.83 bits per heavy atom. The van der Waals surface area contributed by atoms with Gasteiger partial charge in [0, 0.05) is 0 Å². The van der Waals surface area contributed by atoms with E-state index in [0.717, 1.165) is 0 Å². The molecule has 64 valence electrons. The van der Waals surface area contributed by atoms with Crippen molar-refractivity contribution in [2.45, 2.75) is 4.90 Å². The number of nitrogens with zero attached hydrogens (tertiary/aromatic N) is 1. The molecule has 0 saturated carbocycles. The Balaban J connectivity index is 3.33. The van der Waals surface area contributed by atoms with Gasteiger partial charge in [-0.2, -0.15) is 0 Å². The van der Waals surface area contributed by atoms with Gasteiger partial charge in [-0.3, -0.25) is 10.1 Å². The molecule has 1 aromatic carbocycles. The maximum absolute atomic E-state index is 12.4. The molecular weight excluding hydrogens is 188 g/mol. The first-order chi connectivity index (χ1) is 5.52. The zero-order valence-corrected chi connectivity index (χ0v) is 6.52. The third-order valence-electron chi connectivity index (χ3n) is 1.21. The fraction of sp³-hybridized carbons (Fsp3) is 0. The standard InChI is InChI=1S/C6H3F2NO2S/c7-3-1-5(9(10)11)6(12)2-4(3)8/h1-2,12H. The van der Waals surface area contributed by atoms with Gasteiger partial charge >= 0.3 is 0 Å². The van der Waals surface area contributed by atoms with Gasteiger partial charge in [-0.15, -0.1) is 12.6 Å². The first-order valence-electron chi connectivity index (χ1n) is 2.85. The summed E-state index contributed by atoms with van der Waals surface area (Å²) in [6, 6.07) is 1.16. The summed E-state index contributed by atoms with van der Waals surface area (Å²) in [5.41, 5.74) is -0.544. The molecule has 0 aliphatic carbocycles. The van der Waals surface area contributed by atoms with Crippen molar-refractivity contribution in [3.63, 3.8) is 0 Å². The van der Waals surface area contributed by atoms with E-state index in [9.17, 15) is 18.9 Å². The summed E-state index contributed by atoms with van der Waals surface area (Å²) in [7, 11) is 0. The minimum atomic E-state index is -1.25. The zero-order valence-electron chi connectivity index (χ0n) is 5.62. The molecule has 0 saturated heterocycles. The molecule has 0 atom stereocenters. The van der Waals surface area contributed by atoms with Gasteiger partial charge in [0.15, 0.2) is 11.6 Å². The van der Waals surface area contributed by atoms with E-state index in [1.807, 2.05) is 0 Å². The van der Waals surface area contributed by atoms with E-state index >= 15 is 0 Å². The van der Waals surface area contributed by atoms with Crippen LogP contribution in [0.2, 0.25) is 0 Å². The van der Waals surface area contributed by atoms with E-state index in [0.29, 0.717) is 12.1 Å². The van der Waals surface area contributed by atoms with Crippen LogP contribution >= 0.6 is 12.6 Å². The van der Waals surface area contributed by atoms with Crippen LogP contribution in [-0.4, -0.2) is 4.92 Å². The predicted molar refractivity (Wildman–Crippen MR) is 40.3 cm³/mol. The molecule has 0 heterocycles. The molecule has 0 aliphatic heterocycles. The molecule has 0 spiro atoms. The molecule has 0 aliphatic rings. The third-order valence-corrected chi connectivity index (χ3v) is 1.57. The summed E-state index contributed by atoms with van der Waals surface area (Å²) in [5.74, 6) is -2.40. The fourth-order valence-corrected chi connectivity index (χ4v) is 0.932. The lowest BCUT2D eigenvalue weighted by Gasteiger charge is -1.96. The molecule has 1 aromatic rings. The Bertz CT molecular complexity index is 343. The monoisotopic (exact) mass is 191 g/mol. The first kappa shape index (κ1) is 8.92. The van der Waals surface area contributed by atoms with Gasteiger partial charge in [0.05, 0.1) is 15.9 Å². The van der Waals surface area contributed by atoms with Crippen LogP contribution in [0.3, 0.4) is 0 Å². The Hall–Kier alpha value is -1.17. The van der Waals surface area contributed by atoms with E-state index in [2.05, 4.69) is 12.6 Å². The second-order valence-electron chi connectivity index (χ2n) is 2.01. The Labute approximate surface area is 71.6 Å². The van der Waals surface area contributed by atoms with Crippen molar-refractivity contribution in [3.8, 4) is 0 Å². The molecule has 6 heteroatoms. The molecule has 0 amide bonds. The SMILES string of the molecule is O=[N+]([O-])c1cc(F)c(F)cc1S. The topological polar surface area (TPSA) is 43.1 Å². The summed E-state index contributed by atoms with van der Waals surface area (Å²) in [6.07, 6.45) is 0. The second kappa shape index (κ2) is 3.06. The average Bonchev–Trinajstić information content (AvgIpc) is 1.96. The van der Waals surface area contributed by atoms with Crippen LogP contribution in [-0.2, 0) is 0 Å². The molecule has 0 aromatic heterocycles. The maximum Gasteiger partial charge on any atom is 0.285 e. The fourth-order valence-electron chi connectivity index (χ4n) is 0.672. The second-order valence-corrected chi connectivity index (χ2v) is 2.49. The van der Waals surface area contributed by atoms with Crippen molar-refractivity contribution >= 4 is 18.3 Å². The quantitative estimate of drug-likeness (QED) is 0.420. The van der Waals surface area contributed by atoms with Gasteiger partial charge in [0.1, 0.15) is 0 Å². The van der Waals surface area contributed by atoms with Crippen molar-refractivity contribution in [3.05, 3.63) is 33.9 Å². The minimum Gasteiger partial charge on any atom is -0.258 e. The molecule has 0 fully saturated rings. The number of halogens is 2. The van der Waals surface area contributed by atoms with E-state index in [-0.39, 0.29) is 4.90 Å². The van der Waals surface area contributed by atoms with Gasteiger partial charge < -0.3 is 0 Å². The molecule has 0 unspecified atom stereocenters. The molecule has 1 rings (SSSR count). The highest BCUT2D eigenvalue weighted by molar-refractivity contribution is 7.80. The predicted octanol–water partition coefficient (Wildman–Crippen LogP) is 2.16. The third kappa shape index (κ3) is 1.53. The molecule has 3 nitrogen and oxygen atoms in total. The molecule has 0 N–H and O–H groups in total. The van der Waals surface area contributed by atoms with Crippen molar-refractivity contribution in [2.75, 3.05) is 0 Å². The van der Waals surface area contributed by atoms with Crippen LogP contribution in [0.25, 0.3) is 0 Å². The molecular formula is C6H3F2NO2S. The largest absolute Gasteiger partial charge is 0.285 e. The number of hydrogen-bond donors (Lipinski definition) is 1. The Morgan fingerprint density at radius 1 is 1.33 bits per heavy atom. The minimum absolute atomic E-state index is 0.195. The Kier molecular flexibility index (Phi) is 2.27. The molecule has 0 bridgehead atoms. The van der Waals surface area contributed by atoms with Crippen LogP contribution in [0.15, 0.2) is 17.0 Å². The highest BCUT2D eigenvalue weighted by Gasteiger charge is 2.15. The van der Waals surface area contributed by atoms with Gasteiger partial charge in [-0.1, -0.05) is 0 Å². The Morgan fingerprint density at radius 3 is 2.33 bits per heavy atom. The number of nitro groups is 1. The lowest BCUT2D eigenvalue weighted by molar-refractivity contribution is -0.388. The summed E-state index contributed by atoms with van der Waals surface area (Å²) >= 11 is 3.61. The van der Waals surface area contributed by atoms with E-state index < -0.39 is 22.2 Å². The highest BCUT2D eigenvalue weighted by Crippen LogP contribution is 2.24. The van der Waals surface area contributed by atoms with Gasteiger partial charge in [-0.25, -0.2) is 8.78 Å². The lowest BCUT2D eigenvalue weighted by Crippen LogP contribution is -1.93. The van der Waals surface area contributed by atoms with Crippen LogP contribution in [0.4, 0.5) is 14.5 Å². The van der Waals surface area contributed by atoms with Crippen molar-refractivity contribution < 1.29 is 13.7 Å². The number of benzene rings is 1. The van der Waals surface area contributed by atoms with Gasteiger partial charge in [-0.05, 0) is 6.07 Å². The van der Waals surface area contributed by atoms with Crippen LogP contribution in [0.1, 0.15) is 0 Å². The summed E-state index contributed by atoms with van der Waals surface area (Å²) in [4.78, 5) is 9.13. The van der Waals surface area contributed by atoms with Crippen molar-refractivity contribution in [1.29, 1.82) is 0 Å². The van der Waals surface area contributed by atoms with Crippen molar-refractivity contribution in [1.82, 2.24) is 0 Å². The number of rotatable bonds is 1. The number of hydrogen-bond acceptors (Lipinski definition) is 3. The van der Waals surface area contributed by atoms with Crippen LogP contribution in [0, 0.1) is 21.7 Å². The zero-order chi connectivity index (χ0) is 9.30. The normalized spacial score (nSPS) is 9.92. The van der Waals surface area contributed by atoms with E-state index in [1.54, 1.807) is 0 Å². The van der Waals surface area contributed by atoms with Crippen LogP contribution in [0.5, 0.6) is 0 Å². The lowest BCUT2D eigenvalue weighted by atomic mass is 10.3. The van der Waals surface area contributed by atoms with Crippen LogP contribution < -0.4 is 0 Å². The summed E-state index contributed by atoms with van der Waals surface area (Å²) < 4.78 is 24.8. The van der Waals surface area contributed by atoms with Crippen molar-refractivity contribution in [2.24, 2.45) is 0 Å². The highest BCUT2D eigenvalue weighted by atomic mass is 32.1. The van der Waals surface area contributed by atoms with Gasteiger partial charge in [0.2, 0.25) is 0 Å². The number of thiol groups is 1. The first-order valence-corrected chi connectivity index (χ1v) is 3.29. The maximum atomic E-state index is 12.4. The smallest absolute Gasteiger partial charge is 0.258 e. The summed E-state index contributed by atoms with van der Waals surface area (Å²) in [6.45, 7) is 0. The summed E-state index contributed by atoms with van der Waals surface area (Å²) in [5, 5.41) is 10.2. The molecule has 0 radical (unpaired) electrons. The van der Waals surface area contributed by atoms with E-state index in [4.69, 9.17) is 0 Å². The molecule has 12 heavy (non-hydrogen) atoms. The van der Waals surface area contributed by atoms with Gasteiger partial charge in [0.25, 0.3) is 5.69 Å². The van der Waals surface area contributed by atoms with E-state index in [1.165, 1.54) is 0 Å². The average molecular weight is 191 g/mol.